The first-order chi connectivity index (χ1) is 8.54. The monoisotopic (exact) mass is 267 g/mol. The maximum Gasteiger partial charge on any atom is 0.311 e. The molecule has 0 saturated carbocycles. The van der Waals surface area contributed by atoms with Crippen molar-refractivity contribution in [3.63, 3.8) is 0 Å². The summed E-state index contributed by atoms with van der Waals surface area (Å²) in [5.74, 6) is 0.782. The molecule has 18 heavy (non-hydrogen) atoms. The SMILES string of the molecule is COc1ccc(C=CCSC(C)=O)cc1[N+](=O)[O-]. The Labute approximate surface area is 109 Å². The lowest BCUT2D eigenvalue weighted by Gasteiger charge is -2.02. The molecule has 0 unspecified atom stereocenters. The first-order valence-electron chi connectivity index (χ1n) is 5.17. The van der Waals surface area contributed by atoms with Crippen LogP contribution in [-0.2, 0) is 4.79 Å². The van der Waals surface area contributed by atoms with Crippen molar-refractivity contribution in [1.82, 2.24) is 0 Å². The van der Waals surface area contributed by atoms with Crippen LogP contribution in [0.4, 0.5) is 5.69 Å². The maximum absolute atomic E-state index is 10.8. The van der Waals surface area contributed by atoms with Gasteiger partial charge in [0, 0.05) is 18.7 Å². The molecule has 0 heterocycles. The zero-order valence-corrected chi connectivity index (χ0v) is 10.9. The summed E-state index contributed by atoms with van der Waals surface area (Å²) in [4.78, 5) is 21.0. The van der Waals surface area contributed by atoms with E-state index in [4.69, 9.17) is 4.74 Å². The lowest BCUT2D eigenvalue weighted by atomic mass is 10.2. The highest BCUT2D eigenvalue weighted by Crippen LogP contribution is 2.27. The summed E-state index contributed by atoms with van der Waals surface area (Å²) in [7, 11) is 1.39. The fourth-order valence-corrected chi connectivity index (χ4v) is 1.73. The molecule has 5 nitrogen and oxygen atoms in total. The van der Waals surface area contributed by atoms with Gasteiger partial charge in [-0.25, -0.2) is 0 Å². The number of rotatable bonds is 5. The topological polar surface area (TPSA) is 69.4 Å². The smallest absolute Gasteiger partial charge is 0.311 e. The predicted octanol–water partition coefficient (Wildman–Crippen LogP) is 2.90. The number of carbonyl (C=O) groups excluding carboxylic acids is 1. The summed E-state index contributed by atoms with van der Waals surface area (Å²) < 4.78 is 4.90. The highest BCUT2D eigenvalue weighted by Gasteiger charge is 2.13. The molecule has 6 heteroatoms. The first kappa shape index (κ1) is 14.2. The molecule has 0 aliphatic rings. The Morgan fingerprint density at radius 2 is 2.28 bits per heavy atom. The van der Waals surface area contributed by atoms with Crippen LogP contribution in [0, 0.1) is 10.1 Å². The van der Waals surface area contributed by atoms with E-state index in [0.717, 1.165) is 0 Å². The van der Waals surface area contributed by atoms with Crippen LogP contribution in [-0.4, -0.2) is 22.9 Å². The van der Waals surface area contributed by atoms with Crippen molar-refractivity contribution in [2.24, 2.45) is 0 Å². The first-order valence-corrected chi connectivity index (χ1v) is 6.15. The van der Waals surface area contributed by atoms with Gasteiger partial charge < -0.3 is 4.74 Å². The van der Waals surface area contributed by atoms with E-state index >= 15 is 0 Å². The van der Waals surface area contributed by atoms with Gasteiger partial charge in [0.05, 0.1) is 12.0 Å². The minimum absolute atomic E-state index is 0.0420. The van der Waals surface area contributed by atoms with Crippen LogP contribution in [0.5, 0.6) is 5.75 Å². The Morgan fingerprint density at radius 3 is 2.83 bits per heavy atom. The third-order valence-electron chi connectivity index (χ3n) is 2.09. The van der Waals surface area contributed by atoms with E-state index in [1.807, 2.05) is 0 Å². The molecule has 0 fully saturated rings. The second kappa shape index (κ2) is 6.80. The molecule has 0 bridgehead atoms. The summed E-state index contributed by atoms with van der Waals surface area (Å²) >= 11 is 1.18. The zero-order chi connectivity index (χ0) is 13.5. The van der Waals surface area contributed by atoms with Crippen molar-refractivity contribution in [1.29, 1.82) is 0 Å². The van der Waals surface area contributed by atoms with Crippen LogP contribution in [0.15, 0.2) is 24.3 Å². The van der Waals surface area contributed by atoms with E-state index in [-0.39, 0.29) is 16.6 Å². The molecule has 0 aromatic heterocycles. The van der Waals surface area contributed by atoms with Gasteiger partial charge in [-0.2, -0.15) is 0 Å². The molecular formula is C12H13NO4S. The third-order valence-corrected chi connectivity index (χ3v) is 2.86. The molecular weight excluding hydrogens is 254 g/mol. The Morgan fingerprint density at radius 1 is 1.56 bits per heavy atom. The van der Waals surface area contributed by atoms with Gasteiger partial charge in [0.15, 0.2) is 10.9 Å². The van der Waals surface area contributed by atoms with Gasteiger partial charge in [0.25, 0.3) is 0 Å². The average molecular weight is 267 g/mol. The van der Waals surface area contributed by atoms with Gasteiger partial charge >= 0.3 is 5.69 Å². The quantitative estimate of drug-likeness (QED) is 0.606. The Kier molecular flexibility index (Phi) is 5.38. The van der Waals surface area contributed by atoms with E-state index in [2.05, 4.69) is 0 Å². The second-order valence-corrected chi connectivity index (χ2v) is 4.59. The van der Waals surface area contributed by atoms with Crippen molar-refractivity contribution in [2.75, 3.05) is 12.9 Å². The van der Waals surface area contributed by atoms with Gasteiger partial charge in [0.2, 0.25) is 0 Å². The van der Waals surface area contributed by atoms with E-state index in [1.165, 1.54) is 31.9 Å². The minimum Gasteiger partial charge on any atom is -0.490 e. The van der Waals surface area contributed by atoms with Gasteiger partial charge in [-0.1, -0.05) is 30.0 Å². The average Bonchev–Trinajstić information content (AvgIpc) is 2.34. The summed E-state index contributed by atoms with van der Waals surface area (Å²) in [6.07, 6.45) is 3.53. The molecule has 0 N–H and O–H groups in total. The largest absolute Gasteiger partial charge is 0.490 e. The lowest BCUT2D eigenvalue weighted by Crippen LogP contribution is -1.93. The molecule has 0 amide bonds. The number of thioether (sulfide) groups is 1. The molecule has 0 spiro atoms. The number of ether oxygens (including phenoxy) is 1. The zero-order valence-electron chi connectivity index (χ0n) is 10.1. The molecule has 1 rings (SSSR count). The van der Waals surface area contributed by atoms with Gasteiger partial charge in [-0.15, -0.1) is 0 Å². The Hall–Kier alpha value is -1.82. The van der Waals surface area contributed by atoms with Crippen molar-refractivity contribution in [2.45, 2.75) is 6.92 Å². The Bertz CT molecular complexity index is 485. The molecule has 0 aliphatic heterocycles. The summed E-state index contributed by atoms with van der Waals surface area (Å²) in [6.45, 7) is 1.50. The van der Waals surface area contributed by atoms with E-state index in [1.54, 1.807) is 24.3 Å². The van der Waals surface area contributed by atoms with Crippen LogP contribution in [0.25, 0.3) is 6.08 Å². The predicted molar refractivity (Wildman–Crippen MR) is 71.8 cm³/mol. The third kappa shape index (κ3) is 4.21. The molecule has 1 aromatic rings. The fourth-order valence-electron chi connectivity index (χ4n) is 1.30. The van der Waals surface area contributed by atoms with Crippen molar-refractivity contribution < 1.29 is 14.5 Å². The lowest BCUT2D eigenvalue weighted by molar-refractivity contribution is -0.385. The summed E-state index contributed by atoms with van der Waals surface area (Å²) in [5.41, 5.74) is 0.630. The standard InChI is InChI=1S/C12H13NO4S/c1-9(14)18-7-3-4-10-5-6-12(17-2)11(8-10)13(15)16/h3-6,8H,7H2,1-2H3. The number of nitrogens with zero attached hydrogens (tertiary/aromatic N) is 1. The molecule has 0 aliphatic carbocycles. The highest BCUT2D eigenvalue weighted by molar-refractivity contribution is 8.13. The van der Waals surface area contributed by atoms with Crippen LogP contribution in [0.2, 0.25) is 0 Å². The van der Waals surface area contributed by atoms with E-state index in [9.17, 15) is 14.9 Å². The summed E-state index contributed by atoms with van der Waals surface area (Å²) in [5, 5.41) is 10.8. The van der Waals surface area contributed by atoms with Gasteiger partial charge in [-0.05, 0) is 11.6 Å². The maximum atomic E-state index is 10.8. The molecule has 0 saturated heterocycles. The molecule has 1 aromatic carbocycles. The van der Waals surface area contributed by atoms with Crippen molar-refractivity contribution in [3.8, 4) is 5.75 Å². The van der Waals surface area contributed by atoms with Crippen LogP contribution >= 0.6 is 11.8 Å². The van der Waals surface area contributed by atoms with Crippen molar-refractivity contribution >= 4 is 28.6 Å². The molecule has 96 valence electrons. The highest BCUT2D eigenvalue weighted by atomic mass is 32.2. The number of hydrogen-bond donors (Lipinski definition) is 0. The fraction of sp³-hybridized carbons (Fsp3) is 0.250. The van der Waals surface area contributed by atoms with Crippen LogP contribution < -0.4 is 4.74 Å². The normalized spacial score (nSPS) is 10.6. The summed E-state index contributed by atoms with van der Waals surface area (Å²) in [6, 6.07) is 4.71. The number of hydrogen-bond acceptors (Lipinski definition) is 5. The number of nitro benzene ring substituents is 1. The van der Waals surface area contributed by atoms with Crippen molar-refractivity contribution in [3.05, 3.63) is 40.0 Å². The number of methoxy groups -OCH3 is 1. The molecule has 0 atom stereocenters. The molecule has 0 radical (unpaired) electrons. The minimum atomic E-state index is -0.486. The Balaban J connectivity index is 2.82. The number of benzene rings is 1. The van der Waals surface area contributed by atoms with E-state index < -0.39 is 4.92 Å². The van der Waals surface area contributed by atoms with Crippen LogP contribution in [0.3, 0.4) is 0 Å². The second-order valence-electron chi connectivity index (χ2n) is 3.39. The van der Waals surface area contributed by atoms with Gasteiger partial charge in [0.1, 0.15) is 0 Å². The number of carbonyl (C=O) groups is 1. The van der Waals surface area contributed by atoms with Gasteiger partial charge in [-0.3, -0.25) is 14.9 Å². The van der Waals surface area contributed by atoms with Crippen LogP contribution in [0.1, 0.15) is 12.5 Å². The number of nitro groups is 1. The van der Waals surface area contributed by atoms with E-state index in [0.29, 0.717) is 11.3 Å².